The SMILES string of the molecule is Cc1ccc(C)c(Oc2c(Cl)cccc2CBr)c1C. The number of halogens is 2. The van der Waals surface area contributed by atoms with E-state index in [0.717, 1.165) is 28.2 Å². The summed E-state index contributed by atoms with van der Waals surface area (Å²) in [6.07, 6.45) is 0. The van der Waals surface area contributed by atoms with Crippen molar-refractivity contribution < 1.29 is 4.74 Å². The second-order valence-electron chi connectivity index (χ2n) is 4.62. The highest BCUT2D eigenvalue weighted by Crippen LogP contribution is 2.37. The van der Waals surface area contributed by atoms with Gasteiger partial charge in [-0.05, 0) is 43.5 Å². The Balaban J connectivity index is 2.50. The first kappa shape index (κ1) is 14.4. The maximum atomic E-state index is 6.26. The number of para-hydroxylation sites is 1. The second kappa shape index (κ2) is 5.98. The molecule has 2 rings (SSSR count). The van der Waals surface area contributed by atoms with Crippen LogP contribution in [0, 0.1) is 20.8 Å². The van der Waals surface area contributed by atoms with Gasteiger partial charge in [0.05, 0.1) is 5.02 Å². The van der Waals surface area contributed by atoms with E-state index in [0.29, 0.717) is 10.4 Å². The van der Waals surface area contributed by atoms with E-state index >= 15 is 0 Å². The largest absolute Gasteiger partial charge is 0.455 e. The number of rotatable bonds is 3. The number of benzene rings is 2. The molecule has 0 amide bonds. The van der Waals surface area contributed by atoms with Gasteiger partial charge in [-0.15, -0.1) is 0 Å². The zero-order valence-electron chi connectivity index (χ0n) is 11.3. The predicted molar refractivity (Wildman–Crippen MR) is 84.8 cm³/mol. The first-order chi connectivity index (χ1) is 9.04. The van der Waals surface area contributed by atoms with Crippen molar-refractivity contribution in [1.29, 1.82) is 0 Å². The third-order valence-electron chi connectivity index (χ3n) is 3.27. The molecule has 0 spiro atoms. The van der Waals surface area contributed by atoms with Crippen LogP contribution in [-0.2, 0) is 5.33 Å². The molecule has 3 heteroatoms. The lowest BCUT2D eigenvalue weighted by atomic mass is 10.1. The zero-order chi connectivity index (χ0) is 14.0. The van der Waals surface area contributed by atoms with E-state index in [4.69, 9.17) is 16.3 Å². The fraction of sp³-hybridized carbons (Fsp3) is 0.250. The molecular formula is C16H16BrClO. The van der Waals surface area contributed by atoms with Crippen LogP contribution in [0.3, 0.4) is 0 Å². The minimum absolute atomic E-state index is 0.636. The van der Waals surface area contributed by atoms with Crippen LogP contribution in [0.5, 0.6) is 11.5 Å². The predicted octanol–water partition coefficient (Wildman–Crippen LogP) is 5.95. The first-order valence-corrected chi connectivity index (χ1v) is 7.62. The number of hydrogen-bond donors (Lipinski definition) is 0. The average molecular weight is 340 g/mol. The van der Waals surface area contributed by atoms with Crippen molar-refractivity contribution in [2.24, 2.45) is 0 Å². The standard InChI is InChI=1S/C16H16BrClO/c1-10-7-8-11(2)15(12(10)3)19-16-13(9-17)5-4-6-14(16)18/h4-8H,9H2,1-3H3. The molecule has 0 aliphatic heterocycles. The lowest BCUT2D eigenvalue weighted by Crippen LogP contribution is -1.96. The molecule has 0 radical (unpaired) electrons. The van der Waals surface area contributed by atoms with E-state index in [1.165, 1.54) is 5.56 Å². The molecule has 1 nitrogen and oxygen atoms in total. The van der Waals surface area contributed by atoms with Crippen molar-refractivity contribution in [3.8, 4) is 11.5 Å². The highest BCUT2D eigenvalue weighted by atomic mass is 79.9. The second-order valence-corrected chi connectivity index (χ2v) is 5.59. The summed E-state index contributed by atoms with van der Waals surface area (Å²) < 4.78 is 6.11. The van der Waals surface area contributed by atoms with Gasteiger partial charge in [-0.25, -0.2) is 0 Å². The third-order valence-corrected chi connectivity index (χ3v) is 4.17. The Morgan fingerprint density at radius 1 is 1.00 bits per heavy atom. The maximum absolute atomic E-state index is 6.26. The molecule has 0 aromatic heterocycles. The van der Waals surface area contributed by atoms with Crippen LogP contribution in [0.4, 0.5) is 0 Å². The van der Waals surface area contributed by atoms with Gasteiger partial charge in [0.25, 0.3) is 0 Å². The summed E-state index contributed by atoms with van der Waals surface area (Å²) in [5.74, 6) is 1.63. The lowest BCUT2D eigenvalue weighted by Gasteiger charge is -2.16. The highest BCUT2D eigenvalue weighted by molar-refractivity contribution is 9.08. The number of hydrogen-bond acceptors (Lipinski definition) is 1. The molecule has 0 heterocycles. The normalized spacial score (nSPS) is 10.6. The van der Waals surface area contributed by atoms with Gasteiger partial charge in [-0.3, -0.25) is 0 Å². The van der Waals surface area contributed by atoms with Crippen molar-refractivity contribution in [3.63, 3.8) is 0 Å². The molecule has 2 aromatic carbocycles. The van der Waals surface area contributed by atoms with Crippen LogP contribution < -0.4 is 4.74 Å². The molecule has 0 N–H and O–H groups in total. The Bertz CT molecular complexity index is 608. The molecule has 0 saturated heterocycles. The van der Waals surface area contributed by atoms with Gasteiger partial charge in [0.15, 0.2) is 0 Å². The summed E-state index contributed by atoms with van der Waals surface area (Å²) in [6.45, 7) is 6.20. The average Bonchev–Trinajstić information content (AvgIpc) is 2.40. The molecule has 0 bridgehead atoms. The van der Waals surface area contributed by atoms with Crippen LogP contribution in [0.25, 0.3) is 0 Å². The highest BCUT2D eigenvalue weighted by Gasteiger charge is 2.13. The molecule has 0 saturated carbocycles. The van der Waals surface area contributed by atoms with Crippen molar-refractivity contribution in [2.75, 3.05) is 0 Å². The summed E-state index contributed by atoms with van der Waals surface area (Å²) in [4.78, 5) is 0. The van der Waals surface area contributed by atoms with E-state index in [1.807, 2.05) is 25.1 Å². The fourth-order valence-corrected chi connectivity index (χ4v) is 2.63. The molecule has 100 valence electrons. The van der Waals surface area contributed by atoms with E-state index in [-0.39, 0.29) is 0 Å². The molecule has 19 heavy (non-hydrogen) atoms. The quantitative estimate of drug-likeness (QED) is 0.628. The monoisotopic (exact) mass is 338 g/mol. The summed E-state index contributed by atoms with van der Waals surface area (Å²) in [6, 6.07) is 9.97. The Labute approximate surface area is 127 Å². The number of alkyl halides is 1. The molecular weight excluding hydrogens is 324 g/mol. The van der Waals surface area contributed by atoms with E-state index < -0.39 is 0 Å². The van der Waals surface area contributed by atoms with Gasteiger partial charge < -0.3 is 4.74 Å². The smallest absolute Gasteiger partial charge is 0.150 e. The fourth-order valence-electron chi connectivity index (χ4n) is 1.96. The van der Waals surface area contributed by atoms with Gasteiger partial charge in [-0.2, -0.15) is 0 Å². The van der Waals surface area contributed by atoms with Crippen molar-refractivity contribution in [3.05, 3.63) is 57.6 Å². The van der Waals surface area contributed by atoms with E-state index in [9.17, 15) is 0 Å². The molecule has 0 aliphatic rings. The van der Waals surface area contributed by atoms with Crippen molar-refractivity contribution >= 4 is 27.5 Å². The number of ether oxygens (including phenoxy) is 1. The molecule has 0 fully saturated rings. The minimum atomic E-state index is 0.636. The minimum Gasteiger partial charge on any atom is -0.455 e. The maximum Gasteiger partial charge on any atom is 0.150 e. The Morgan fingerprint density at radius 2 is 1.68 bits per heavy atom. The van der Waals surface area contributed by atoms with Crippen molar-refractivity contribution in [1.82, 2.24) is 0 Å². The topological polar surface area (TPSA) is 9.23 Å². The summed E-state index contributed by atoms with van der Waals surface area (Å²) in [7, 11) is 0. The Morgan fingerprint density at radius 3 is 2.37 bits per heavy atom. The first-order valence-electron chi connectivity index (χ1n) is 6.12. The molecule has 0 unspecified atom stereocenters. The Hall–Kier alpha value is -0.990. The Kier molecular flexibility index (Phi) is 4.54. The number of aryl methyl sites for hydroxylation is 2. The van der Waals surface area contributed by atoms with Gasteiger partial charge in [0.1, 0.15) is 11.5 Å². The van der Waals surface area contributed by atoms with Gasteiger partial charge >= 0.3 is 0 Å². The van der Waals surface area contributed by atoms with Gasteiger partial charge in [0, 0.05) is 10.9 Å². The molecule has 2 aromatic rings. The molecule has 0 aliphatic carbocycles. The molecule has 0 atom stereocenters. The van der Waals surface area contributed by atoms with Gasteiger partial charge in [-0.1, -0.05) is 51.8 Å². The summed E-state index contributed by atoms with van der Waals surface area (Å²) in [5.41, 5.74) is 4.53. The van der Waals surface area contributed by atoms with Crippen LogP contribution in [-0.4, -0.2) is 0 Å². The summed E-state index contributed by atoms with van der Waals surface area (Å²) >= 11 is 9.73. The van der Waals surface area contributed by atoms with Crippen molar-refractivity contribution in [2.45, 2.75) is 26.1 Å². The van der Waals surface area contributed by atoms with E-state index in [1.54, 1.807) is 0 Å². The van der Waals surface area contributed by atoms with Crippen LogP contribution >= 0.6 is 27.5 Å². The lowest BCUT2D eigenvalue weighted by molar-refractivity contribution is 0.471. The van der Waals surface area contributed by atoms with Gasteiger partial charge in [0.2, 0.25) is 0 Å². The van der Waals surface area contributed by atoms with Crippen LogP contribution in [0.2, 0.25) is 5.02 Å². The van der Waals surface area contributed by atoms with E-state index in [2.05, 4.69) is 41.9 Å². The third kappa shape index (κ3) is 2.96. The summed E-state index contributed by atoms with van der Waals surface area (Å²) in [5, 5.41) is 1.35. The zero-order valence-corrected chi connectivity index (χ0v) is 13.6. The van der Waals surface area contributed by atoms with Crippen LogP contribution in [0.1, 0.15) is 22.3 Å². The van der Waals surface area contributed by atoms with Crippen LogP contribution in [0.15, 0.2) is 30.3 Å².